The molecule has 16 heavy (non-hydrogen) atoms. The van der Waals surface area contributed by atoms with Gasteiger partial charge in [-0.2, -0.15) is 0 Å². The summed E-state index contributed by atoms with van der Waals surface area (Å²) < 4.78 is 0. The van der Waals surface area contributed by atoms with Gasteiger partial charge in [-0.1, -0.05) is 20.8 Å². The summed E-state index contributed by atoms with van der Waals surface area (Å²) in [6.45, 7) is 11.1. The molecule has 1 aliphatic heterocycles. The Morgan fingerprint density at radius 1 is 1.31 bits per heavy atom. The number of rotatable bonds is 0. The largest absolute Gasteiger partial charge is 0.300 e. The lowest BCUT2D eigenvalue weighted by Crippen LogP contribution is -2.29. The summed E-state index contributed by atoms with van der Waals surface area (Å²) >= 11 is 0. The minimum absolute atomic E-state index is 0.149. The van der Waals surface area contributed by atoms with Crippen LogP contribution in [0.4, 0.5) is 0 Å². The van der Waals surface area contributed by atoms with Crippen LogP contribution in [0.15, 0.2) is 6.07 Å². The zero-order valence-corrected chi connectivity index (χ0v) is 11.1. The fourth-order valence-electron chi connectivity index (χ4n) is 2.26. The van der Waals surface area contributed by atoms with Crippen LogP contribution in [0.25, 0.3) is 0 Å². The average Bonchev–Trinajstić information content (AvgIpc) is 2.15. The molecule has 0 aromatic carbocycles. The molecule has 0 saturated heterocycles. The predicted molar refractivity (Wildman–Crippen MR) is 67.7 cm³/mol. The van der Waals surface area contributed by atoms with Crippen LogP contribution >= 0.6 is 0 Å². The van der Waals surface area contributed by atoms with E-state index >= 15 is 0 Å². The van der Waals surface area contributed by atoms with Gasteiger partial charge in [0.2, 0.25) is 0 Å². The molecular formula is C14H22N2. The Kier molecular flexibility index (Phi) is 2.79. The summed E-state index contributed by atoms with van der Waals surface area (Å²) in [5, 5.41) is 0. The van der Waals surface area contributed by atoms with E-state index in [0.717, 1.165) is 19.5 Å². The van der Waals surface area contributed by atoms with Gasteiger partial charge in [-0.15, -0.1) is 0 Å². The normalized spacial score (nSPS) is 17.3. The fraction of sp³-hybridized carbons (Fsp3) is 0.643. The molecule has 0 aliphatic carbocycles. The Bertz CT molecular complexity index is 402. The first-order valence-electron chi connectivity index (χ1n) is 6.06. The van der Waals surface area contributed by atoms with E-state index in [9.17, 15) is 0 Å². The number of pyridine rings is 1. The van der Waals surface area contributed by atoms with Gasteiger partial charge in [0.15, 0.2) is 0 Å². The number of likely N-dealkylation sites (N-methyl/N-ethyl adjacent to an activating group) is 1. The number of fused-ring (bicyclic) bond motifs is 1. The molecular weight excluding hydrogens is 196 g/mol. The van der Waals surface area contributed by atoms with Crippen molar-refractivity contribution in [2.45, 2.75) is 46.1 Å². The van der Waals surface area contributed by atoms with E-state index in [1.165, 1.54) is 22.5 Å². The average molecular weight is 218 g/mol. The minimum Gasteiger partial charge on any atom is -0.300 e. The van der Waals surface area contributed by atoms with Crippen molar-refractivity contribution in [2.75, 3.05) is 13.6 Å². The highest BCUT2D eigenvalue weighted by Gasteiger charge is 2.22. The third kappa shape index (κ3) is 2.12. The SMILES string of the molecule is Cc1cc(C(C)(C)C)nc2c1CCN(C)C2. The minimum atomic E-state index is 0.149. The maximum absolute atomic E-state index is 4.85. The first-order chi connectivity index (χ1) is 7.38. The Morgan fingerprint density at radius 3 is 2.62 bits per heavy atom. The summed E-state index contributed by atoms with van der Waals surface area (Å²) in [7, 11) is 2.17. The summed E-state index contributed by atoms with van der Waals surface area (Å²) in [5.41, 5.74) is 5.56. The van der Waals surface area contributed by atoms with Crippen molar-refractivity contribution in [2.24, 2.45) is 0 Å². The molecule has 0 spiro atoms. The lowest BCUT2D eigenvalue weighted by molar-refractivity contribution is 0.305. The Hall–Kier alpha value is -0.890. The Morgan fingerprint density at radius 2 is 2.00 bits per heavy atom. The van der Waals surface area contributed by atoms with E-state index in [-0.39, 0.29) is 5.41 Å². The molecule has 2 heterocycles. The lowest BCUT2D eigenvalue weighted by Gasteiger charge is -2.28. The third-order valence-electron chi connectivity index (χ3n) is 3.36. The Balaban J connectivity index is 2.48. The van der Waals surface area contributed by atoms with Crippen molar-refractivity contribution in [3.63, 3.8) is 0 Å². The number of aryl methyl sites for hydroxylation is 1. The predicted octanol–water partition coefficient (Wildman–Crippen LogP) is 2.68. The van der Waals surface area contributed by atoms with Crippen molar-refractivity contribution in [1.82, 2.24) is 9.88 Å². The second-order valence-corrected chi connectivity index (χ2v) is 5.99. The monoisotopic (exact) mass is 218 g/mol. The van der Waals surface area contributed by atoms with Crippen LogP contribution in [0.1, 0.15) is 43.3 Å². The van der Waals surface area contributed by atoms with Crippen LogP contribution in [0.2, 0.25) is 0 Å². The molecule has 2 rings (SSSR count). The molecule has 1 aromatic heterocycles. The van der Waals surface area contributed by atoms with Crippen LogP contribution in [0, 0.1) is 6.92 Å². The molecule has 0 unspecified atom stereocenters. The standard InChI is InChI=1S/C14H22N2/c1-10-8-13(14(2,3)4)15-12-9-16(5)7-6-11(10)12/h8H,6-7,9H2,1-5H3. The molecule has 88 valence electrons. The van der Waals surface area contributed by atoms with Gasteiger partial charge < -0.3 is 4.90 Å². The van der Waals surface area contributed by atoms with Crippen molar-refractivity contribution in [3.05, 3.63) is 28.6 Å². The zero-order chi connectivity index (χ0) is 11.9. The van der Waals surface area contributed by atoms with Crippen LogP contribution in [-0.2, 0) is 18.4 Å². The molecule has 1 aromatic rings. The molecule has 0 bridgehead atoms. The van der Waals surface area contributed by atoms with Gasteiger partial charge in [-0.25, -0.2) is 0 Å². The first-order valence-corrected chi connectivity index (χ1v) is 6.06. The van der Waals surface area contributed by atoms with Crippen LogP contribution in [0.5, 0.6) is 0 Å². The van der Waals surface area contributed by atoms with Gasteiger partial charge in [0.1, 0.15) is 0 Å². The van der Waals surface area contributed by atoms with E-state index in [1.54, 1.807) is 0 Å². The number of nitrogens with zero attached hydrogens (tertiary/aromatic N) is 2. The van der Waals surface area contributed by atoms with Crippen molar-refractivity contribution in [3.8, 4) is 0 Å². The van der Waals surface area contributed by atoms with Gasteiger partial charge in [0.05, 0.1) is 5.69 Å². The molecule has 0 radical (unpaired) electrons. The second kappa shape index (κ2) is 3.85. The van der Waals surface area contributed by atoms with E-state index in [2.05, 4.69) is 45.7 Å². The molecule has 1 aliphatic rings. The van der Waals surface area contributed by atoms with Crippen molar-refractivity contribution < 1.29 is 0 Å². The molecule has 2 nitrogen and oxygen atoms in total. The molecule has 0 N–H and O–H groups in total. The molecule has 0 saturated carbocycles. The van der Waals surface area contributed by atoms with Gasteiger partial charge in [-0.3, -0.25) is 4.98 Å². The molecule has 2 heteroatoms. The van der Waals surface area contributed by atoms with Gasteiger partial charge in [0.25, 0.3) is 0 Å². The molecule has 0 amide bonds. The number of hydrogen-bond acceptors (Lipinski definition) is 2. The van der Waals surface area contributed by atoms with E-state index < -0.39 is 0 Å². The maximum Gasteiger partial charge on any atom is 0.0582 e. The number of aromatic nitrogens is 1. The summed E-state index contributed by atoms with van der Waals surface area (Å²) in [6, 6.07) is 2.27. The summed E-state index contributed by atoms with van der Waals surface area (Å²) in [6.07, 6.45) is 1.15. The highest BCUT2D eigenvalue weighted by Crippen LogP contribution is 2.26. The van der Waals surface area contributed by atoms with E-state index in [1.807, 2.05) is 0 Å². The molecule has 0 fully saturated rings. The number of hydrogen-bond donors (Lipinski definition) is 0. The fourth-order valence-corrected chi connectivity index (χ4v) is 2.26. The second-order valence-electron chi connectivity index (χ2n) is 5.99. The van der Waals surface area contributed by atoms with Gasteiger partial charge >= 0.3 is 0 Å². The summed E-state index contributed by atoms with van der Waals surface area (Å²) in [4.78, 5) is 7.20. The van der Waals surface area contributed by atoms with Crippen LogP contribution in [-0.4, -0.2) is 23.5 Å². The quantitative estimate of drug-likeness (QED) is 0.665. The van der Waals surface area contributed by atoms with Crippen molar-refractivity contribution >= 4 is 0 Å². The van der Waals surface area contributed by atoms with Gasteiger partial charge in [-0.05, 0) is 37.6 Å². The smallest absolute Gasteiger partial charge is 0.0582 e. The lowest BCUT2D eigenvalue weighted by atomic mass is 9.88. The third-order valence-corrected chi connectivity index (χ3v) is 3.36. The summed E-state index contributed by atoms with van der Waals surface area (Å²) in [5.74, 6) is 0. The topological polar surface area (TPSA) is 16.1 Å². The van der Waals surface area contributed by atoms with E-state index in [0.29, 0.717) is 0 Å². The van der Waals surface area contributed by atoms with Crippen molar-refractivity contribution in [1.29, 1.82) is 0 Å². The first kappa shape index (κ1) is 11.6. The van der Waals surface area contributed by atoms with Crippen LogP contribution in [0.3, 0.4) is 0 Å². The van der Waals surface area contributed by atoms with Gasteiger partial charge in [0, 0.05) is 24.2 Å². The maximum atomic E-state index is 4.85. The Labute approximate surface area is 98.7 Å². The molecule has 0 atom stereocenters. The highest BCUT2D eigenvalue weighted by atomic mass is 15.1. The van der Waals surface area contributed by atoms with Crippen LogP contribution < -0.4 is 0 Å². The zero-order valence-electron chi connectivity index (χ0n) is 11.1. The highest BCUT2D eigenvalue weighted by molar-refractivity contribution is 5.35. The van der Waals surface area contributed by atoms with E-state index in [4.69, 9.17) is 4.98 Å².